The van der Waals surface area contributed by atoms with Crippen LogP contribution in [0.4, 0.5) is 4.39 Å². The normalized spacial score (nSPS) is 12.5. The SMILES string of the molecule is Cc1cc(F)cc(C(NN)c2ccc(C)c(Cl)c2)c1. The highest BCUT2D eigenvalue weighted by molar-refractivity contribution is 6.31. The maximum Gasteiger partial charge on any atom is 0.123 e. The first-order valence-electron chi connectivity index (χ1n) is 6.00. The van der Waals surface area contributed by atoms with Crippen molar-refractivity contribution in [2.45, 2.75) is 19.9 Å². The molecule has 0 bridgehead atoms. The van der Waals surface area contributed by atoms with Crippen LogP contribution in [0.1, 0.15) is 28.3 Å². The molecule has 2 nitrogen and oxygen atoms in total. The van der Waals surface area contributed by atoms with E-state index in [1.165, 1.54) is 12.1 Å². The van der Waals surface area contributed by atoms with Crippen molar-refractivity contribution in [3.05, 3.63) is 69.5 Å². The van der Waals surface area contributed by atoms with Crippen LogP contribution in [0.2, 0.25) is 5.02 Å². The van der Waals surface area contributed by atoms with E-state index < -0.39 is 0 Å². The minimum absolute atomic E-state index is 0.270. The van der Waals surface area contributed by atoms with E-state index in [4.69, 9.17) is 17.4 Å². The molecule has 0 saturated carbocycles. The van der Waals surface area contributed by atoms with Crippen LogP contribution in [0, 0.1) is 19.7 Å². The number of hydrogen-bond donors (Lipinski definition) is 2. The van der Waals surface area contributed by atoms with Gasteiger partial charge in [0.05, 0.1) is 6.04 Å². The standard InChI is InChI=1S/C15H16ClFN2/c1-9-5-12(7-13(17)6-9)15(19-18)11-4-3-10(2)14(16)8-11/h3-8,15,19H,18H2,1-2H3. The third kappa shape index (κ3) is 3.13. The summed E-state index contributed by atoms with van der Waals surface area (Å²) >= 11 is 6.12. The van der Waals surface area contributed by atoms with E-state index >= 15 is 0 Å². The Morgan fingerprint density at radius 1 is 1.11 bits per heavy atom. The number of aryl methyl sites for hydroxylation is 2. The summed E-state index contributed by atoms with van der Waals surface area (Å²) in [6.07, 6.45) is 0. The molecule has 0 saturated heterocycles. The maximum absolute atomic E-state index is 13.5. The number of hydrogen-bond acceptors (Lipinski definition) is 2. The van der Waals surface area contributed by atoms with E-state index in [-0.39, 0.29) is 11.9 Å². The Morgan fingerprint density at radius 3 is 2.42 bits per heavy atom. The first-order valence-corrected chi connectivity index (χ1v) is 6.38. The Kier molecular flexibility index (Phi) is 4.20. The van der Waals surface area contributed by atoms with E-state index in [9.17, 15) is 4.39 Å². The van der Waals surface area contributed by atoms with Crippen molar-refractivity contribution in [1.29, 1.82) is 0 Å². The highest BCUT2D eigenvalue weighted by Gasteiger charge is 2.14. The average Bonchev–Trinajstić information content (AvgIpc) is 2.33. The van der Waals surface area contributed by atoms with E-state index in [2.05, 4.69) is 5.43 Å². The van der Waals surface area contributed by atoms with Crippen molar-refractivity contribution >= 4 is 11.6 Å². The number of nitrogens with one attached hydrogen (secondary N) is 1. The summed E-state index contributed by atoms with van der Waals surface area (Å²) in [5.74, 6) is 5.34. The van der Waals surface area contributed by atoms with E-state index in [1.54, 1.807) is 0 Å². The topological polar surface area (TPSA) is 38.0 Å². The molecule has 0 aliphatic rings. The Hall–Kier alpha value is -1.42. The van der Waals surface area contributed by atoms with Crippen molar-refractivity contribution in [3.8, 4) is 0 Å². The van der Waals surface area contributed by atoms with Gasteiger partial charge in [0.1, 0.15) is 5.82 Å². The summed E-state index contributed by atoms with van der Waals surface area (Å²) in [5.41, 5.74) is 6.25. The lowest BCUT2D eigenvalue weighted by atomic mass is 9.97. The zero-order valence-electron chi connectivity index (χ0n) is 10.9. The molecule has 0 aliphatic heterocycles. The molecule has 2 aromatic rings. The molecule has 2 aromatic carbocycles. The van der Waals surface area contributed by atoms with Gasteiger partial charge in [-0.05, 0) is 54.3 Å². The Balaban J connectivity index is 2.46. The van der Waals surface area contributed by atoms with E-state index in [1.807, 2.05) is 38.1 Å². The molecule has 4 heteroatoms. The number of hydrazine groups is 1. The van der Waals surface area contributed by atoms with Gasteiger partial charge in [0, 0.05) is 5.02 Å². The molecule has 19 heavy (non-hydrogen) atoms. The molecule has 0 aliphatic carbocycles. The van der Waals surface area contributed by atoms with E-state index in [0.29, 0.717) is 5.02 Å². The van der Waals surface area contributed by atoms with Crippen LogP contribution >= 0.6 is 11.6 Å². The van der Waals surface area contributed by atoms with Crippen LogP contribution in [0.25, 0.3) is 0 Å². The van der Waals surface area contributed by atoms with Crippen LogP contribution in [0.15, 0.2) is 36.4 Å². The maximum atomic E-state index is 13.5. The fourth-order valence-corrected chi connectivity index (χ4v) is 2.29. The van der Waals surface area contributed by atoms with Crippen LogP contribution in [-0.4, -0.2) is 0 Å². The lowest BCUT2D eigenvalue weighted by molar-refractivity contribution is 0.604. The van der Waals surface area contributed by atoms with Gasteiger partial charge in [-0.15, -0.1) is 0 Å². The van der Waals surface area contributed by atoms with E-state index in [0.717, 1.165) is 22.3 Å². The molecular weight excluding hydrogens is 263 g/mol. The summed E-state index contributed by atoms with van der Waals surface area (Å²) in [4.78, 5) is 0. The zero-order valence-corrected chi connectivity index (χ0v) is 11.6. The summed E-state index contributed by atoms with van der Waals surface area (Å²) < 4.78 is 13.5. The second-order valence-corrected chi connectivity index (χ2v) is 5.08. The predicted molar refractivity (Wildman–Crippen MR) is 76.5 cm³/mol. The third-order valence-corrected chi connectivity index (χ3v) is 3.50. The zero-order chi connectivity index (χ0) is 14.0. The van der Waals surface area contributed by atoms with Gasteiger partial charge >= 0.3 is 0 Å². The molecule has 2 rings (SSSR count). The van der Waals surface area contributed by atoms with Gasteiger partial charge in [-0.1, -0.05) is 29.8 Å². The van der Waals surface area contributed by atoms with Gasteiger partial charge < -0.3 is 0 Å². The molecule has 1 atom stereocenters. The highest BCUT2D eigenvalue weighted by Crippen LogP contribution is 2.26. The van der Waals surface area contributed by atoms with Gasteiger partial charge in [0.25, 0.3) is 0 Å². The molecular formula is C15H16ClFN2. The fraction of sp³-hybridized carbons (Fsp3) is 0.200. The molecule has 1 unspecified atom stereocenters. The van der Waals surface area contributed by atoms with Gasteiger partial charge in [-0.25, -0.2) is 9.82 Å². The van der Waals surface area contributed by atoms with Crippen LogP contribution in [0.3, 0.4) is 0 Å². The number of benzene rings is 2. The molecule has 0 heterocycles. The third-order valence-electron chi connectivity index (χ3n) is 3.09. The fourth-order valence-electron chi connectivity index (χ4n) is 2.10. The number of rotatable bonds is 3. The lowest BCUT2D eigenvalue weighted by Gasteiger charge is -2.18. The van der Waals surface area contributed by atoms with Crippen LogP contribution < -0.4 is 11.3 Å². The largest absolute Gasteiger partial charge is 0.271 e. The molecule has 0 radical (unpaired) electrons. The number of nitrogens with two attached hydrogens (primary N) is 1. The molecule has 100 valence electrons. The van der Waals surface area contributed by atoms with Crippen molar-refractivity contribution in [2.24, 2.45) is 5.84 Å². The van der Waals surface area contributed by atoms with Crippen molar-refractivity contribution in [3.63, 3.8) is 0 Å². The minimum Gasteiger partial charge on any atom is -0.271 e. The van der Waals surface area contributed by atoms with Gasteiger partial charge in [0.15, 0.2) is 0 Å². The van der Waals surface area contributed by atoms with Crippen molar-refractivity contribution < 1.29 is 4.39 Å². The van der Waals surface area contributed by atoms with Crippen molar-refractivity contribution in [1.82, 2.24) is 5.43 Å². The van der Waals surface area contributed by atoms with Gasteiger partial charge in [-0.3, -0.25) is 5.84 Å². The lowest BCUT2D eigenvalue weighted by Crippen LogP contribution is -2.29. The molecule has 0 amide bonds. The summed E-state index contributed by atoms with van der Waals surface area (Å²) in [6.45, 7) is 3.78. The Labute approximate surface area is 117 Å². The monoisotopic (exact) mass is 278 g/mol. The second kappa shape index (κ2) is 5.70. The van der Waals surface area contributed by atoms with Crippen LogP contribution in [0.5, 0.6) is 0 Å². The van der Waals surface area contributed by atoms with Crippen molar-refractivity contribution in [2.75, 3.05) is 0 Å². The van der Waals surface area contributed by atoms with Gasteiger partial charge in [-0.2, -0.15) is 0 Å². The van der Waals surface area contributed by atoms with Crippen LogP contribution in [-0.2, 0) is 0 Å². The first kappa shape index (κ1) is 14.0. The predicted octanol–water partition coefficient (Wildman–Crippen LogP) is 3.65. The summed E-state index contributed by atoms with van der Waals surface area (Å²) in [7, 11) is 0. The molecule has 0 spiro atoms. The first-order chi connectivity index (χ1) is 9.01. The second-order valence-electron chi connectivity index (χ2n) is 4.67. The summed E-state index contributed by atoms with van der Waals surface area (Å²) in [6, 6.07) is 10.3. The van der Waals surface area contributed by atoms with Gasteiger partial charge in [0.2, 0.25) is 0 Å². The highest BCUT2D eigenvalue weighted by atomic mass is 35.5. The summed E-state index contributed by atoms with van der Waals surface area (Å²) in [5, 5.41) is 0.672. The Bertz CT molecular complexity index is 578. The average molecular weight is 279 g/mol. The smallest absolute Gasteiger partial charge is 0.123 e. The molecule has 0 fully saturated rings. The minimum atomic E-state index is -0.285. The quantitative estimate of drug-likeness (QED) is 0.664. The molecule has 3 N–H and O–H groups in total. The number of halogens is 2. The molecule has 0 aromatic heterocycles. The Morgan fingerprint density at radius 2 is 1.84 bits per heavy atom.